The maximum atomic E-state index is 9.89. The fraction of sp³-hybridized carbons (Fsp3) is 0.306. The minimum atomic E-state index is 0.478. The Bertz CT molecular complexity index is 1850. The molecule has 2 fully saturated rings. The van der Waals surface area contributed by atoms with Gasteiger partial charge in [0.05, 0.1) is 21.8 Å². The number of hydrogen-bond donors (Lipinski definition) is 1. The van der Waals surface area contributed by atoms with Crippen LogP contribution in [0.15, 0.2) is 89.3 Å². The van der Waals surface area contributed by atoms with Crippen molar-refractivity contribution in [2.24, 2.45) is 7.05 Å². The van der Waals surface area contributed by atoms with Crippen LogP contribution in [0.1, 0.15) is 36.8 Å². The highest BCUT2D eigenvalue weighted by molar-refractivity contribution is 7.99. The van der Waals surface area contributed by atoms with Crippen molar-refractivity contribution in [3.63, 3.8) is 0 Å². The maximum absolute atomic E-state index is 9.89. The average molecular weight is 634 g/mol. The van der Waals surface area contributed by atoms with Crippen LogP contribution in [0.5, 0.6) is 0 Å². The van der Waals surface area contributed by atoms with Crippen LogP contribution >= 0.6 is 23.4 Å². The van der Waals surface area contributed by atoms with E-state index in [0.29, 0.717) is 10.6 Å². The first-order chi connectivity index (χ1) is 22.0. The molecule has 0 atom stereocenters. The molecule has 228 valence electrons. The quantitative estimate of drug-likeness (QED) is 0.185. The number of nitrogens with one attached hydrogen (secondary N) is 1. The van der Waals surface area contributed by atoms with Crippen molar-refractivity contribution in [2.75, 3.05) is 31.5 Å². The van der Waals surface area contributed by atoms with Crippen LogP contribution in [-0.4, -0.2) is 56.6 Å². The Morgan fingerprint density at radius 3 is 2.44 bits per heavy atom. The molecule has 2 aliphatic rings. The molecule has 2 aromatic heterocycles. The largest absolute Gasteiger partial charge is 0.354 e. The van der Waals surface area contributed by atoms with Crippen molar-refractivity contribution < 1.29 is 0 Å². The third-order valence-corrected chi connectivity index (χ3v) is 10.7. The van der Waals surface area contributed by atoms with E-state index in [1.807, 2.05) is 42.1 Å². The normalized spacial score (nSPS) is 16.3. The van der Waals surface area contributed by atoms with E-state index in [-0.39, 0.29) is 0 Å². The van der Waals surface area contributed by atoms with Crippen LogP contribution in [0.3, 0.4) is 0 Å². The van der Waals surface area contributed by atoms with Gasteiger partial charge in [-0.15, -0.1) is 0 Å². The summed E-state index contributed by atoms with van der Waals surface area (Å²) in [5.74, 6) is 0. The number of benzene rings is 3. The lowest BCUT2D eigenvalue weighted by Crippen LogP contribution is -2.43. The summed E-state index contributed by atoms with van der Waals surface area (Å²) >= 11 is 8.17. The number of nitriles is 1. The van der Waals surface area contributed by atoms with Crippen LogP contribution in [0.25, 0.3) is 22.0 Å². The highest BCUT2D eigenvalue weighted by atomic mass is 35.5. The molecule has 2 saturated heterocycles. The number of aromatic nitrogens is 3. The number of piperidine rings is 1. The van der Waals surface area contributed by atoms with Gasteiger partial charge in [-0.25, -0.2) is 4.98 Å². The van der Waals surface area contributed by atoms with Crippen molar-refractivity contribution >= 4 is 45.6 Å². The van der Waals surface area contributed by atoms with Crippen molar-refractivity contribution in [3.05, 3.63) is 95.4 Å². The van der Waals surface area contributed by atoms with E-state index in [0.717, 1.165) is 56.0 Å². The fourth-order valence-corrected chi connectivity index (χ4v) is 7.66. The molecule has 4 heterocycles. The van der Waals surface area contributed by atoms with Gasteiger partial charge in [0, 0.05) is 54.2 Å². The number of fused-ring (bicyclic) bond motifs is 1. The lowest BCUT2D eigenvalue weighted by Gasteiger charge is -2.36. The third-order valence-electron chi connectivity index (χ3n) is 9.08. The van der Waals surface area contributed by atoms with E-state index in [2.05, 4.69) is 67.6 Å². The second-order valence-electron chi connectivity index (χ2n) is 12.0. The summed E-state index contributed by atoms with van der Waals surface area (Å²) in [5, 5.41) is 15.7. The van der Waals surface area contributed by atoms with Crippen LogP contribution in [0.2, 0.25) is 5.02 Å². The zero-order valence-corrected chi connectivity index (χ0v) is 27.0. The fourth-order valence-electron chi connectivity index (χ4n) is 6.56. The Hall–Kier alpha value is -3.87. The number of likely N-dealkylation sites (tertiary alicyclic amines) is 2. The van der Waals surface area contributed by atoms with Gasteiger partial charge in [-0.2, -0.15) is 5.26 Å². The van der Waals surface area contributed by atoms with Gasteiger partial charge < -0.3 is 14.8 Å². The first kappa shape index (κ1) is 29.8. The third kappa shape index (κ3) is 6.58. The van der Waals surface area contributed by atoms with Gasteiger partial charge in [0.2, 0.25) is 0 Å². The molecule has 1 N–H and O–H groups in total. The molecule has 9 heteroatoms. The minimum Gasteiger partial charge on any atom is -0.354 e. The Morgan fingerprint density at radius 1 is 0.956 bits per heavy atom. The molecule has 0 aliphatic carbocycles. The number of pyridine rings is 1. The van der Waals surface area contributed by atoms with Gasteiger partial charge in [0.1, 0.15) is 6.07 Å². The molecule has 3 aromatic carbocycles. The lowest BCUT2D eigenvalue weighted by molar-refractivity contribution is 0.122. The Kier molecular flexibility index (Phi) is 8.77. The molecule has 7 rings (SSSR count). The van der Waals surface area contributed by atoms with Crippen LogP contribution < -0.4 is 5.32 Å². The second-order valence-corrected chi connectivity index (χ2v) is 13.4. The van der Waals surface area contributed by atoms with Crippen LogP contribution in [0.4, 0.5) is 11.4 Å². The van der Waals surface area contributed by atoms with Crippen molar-refractivity contribution in [2.45, 2.75) is 48.3 Å². The summed E-state index contributed by atoms with van der Waals surface area (Å²) in [6.45, 7) is 5.96. The topological polar surface area (TPSA) is 73.0 Å². The smallest absolute Gasteiger partial charge is 0.172 e. The summed E-state index contributed by atoms with van der Waals surface area (Å²) in [6, 6.07) is 24.1. The summed E-state index contributed by atoms with van der Waals surface area (Å²) in [6.07, 6.45) is 10.6. The molecule has 0 bridgehead atoms. The summed E-state index contributed by atoms with van der Waals surface area (Å²) in [7, 11) is 1.96. The molecule has 0 radical (unpaired) electrons. The Balaban J connectivity index is 1.05. The van der Waals surface area contributed by atoms with Crippen LogP contribution in [-0.2, 0) is 13.6 Å². The zero-order chi connectivity index (χ0) is 30.8. The first-order valence-electron chi connectivity index (χ1n) is 15.6. The summed E-state index contributed by atoms with van der Waals surface area (Å²) in [4.78, 5) is 15.2. The van der Waals surface area contributed by atoms with Gasteiger partial charge in [0.25, 0.3) is 0 Å². The van der Waals surface area contributed by atoms with Gasteiger partial charge in [-0.1, -0.05) is 59.8 Å². The van der Waals surface area contributed by atoms with Crippen molar-refractivity contribution in [3.8, 4) is 17.2 Å². The molecule has 2 aliphatic heterocycles. The predicted molar refractivity (Wildman–Crippen MR) is 183 cm³/mol. The monoisotopic (exact) mass is 633 g/mol. The van der Waals surface area contributed by atoms with Crippen LogP contribution in [0, 0.1) is 11.3 Å². The minimum absolute atomic E-state index is 0.478. The van der Waals surface area contributed by atoms with E-state index in [4.69, 9.17) is 11.6 Å². The highest BCUT2D eigenvalue weighted by Crippen LogP contribution is 2.37. The molecule has 0 unspecified atom stereocenters. The Labute approximate surface area is 273 Å². The average Bonchev–Trinajstić information content (AvgIpc) is 3.75. The van der Waals surface area contributed by atoms with Gasteiger partial charge in [-0.3, -0.25) is 9.88 Å². The second kappa shape index (κ2) is 13.2. The standard InChI is InChI=1S/C36H36ClN7S/c1-42-19-14-39-36(42)45-34-11-9-29(21-32(34)37)41-35-28(22-38)23-40-33-20-27(8-10-31(33)35)26-6-4-25(5-7-26)24-43-17-12-30(13-18-43)44-15-2-3-16-44/h4-11,14,19-21,23,30H,2-3,12-13,15-18,24H2,1H3,(H,40,41). The maximum Gasteiger partial charge on any atom is 0.172 e. The molecule has 0 spiro atoms. The van der Waals surface area contributed by atoms with Crippen molar-refractivity contribution in [1.82, 2.24) is 24.3 Å². The number of aryl methyl sites for hydroxylation is 1. The first-order valence-corrected chi connectivity index (χ1v) is 16.8. The molecule has 45 heavy (non-hydrogen) atoms. The number of anilines is 2. The number of hydrogen-bond acceptors (Lipinski definition) is 7. The molecule has 5 aromatic rings. The number of halogens is 1. The number of imidazole rings is 1. The molecule has 0 amide bonds. The zero-order valence-electron chi connectivity index (χ0n) is 25.4. The highest BCUT2D eigenvalue weighted by Gasteiger charge is 2.26. The molecular formula is C36H36ClN7S. The van der Waals surface area contributed by atoms with E-state index in [9.17, 15) is 5.26 Å². The van der Waals surface area contributed by atoms with E-state index < -0.39 is 0 Å². The van der Waals surface area contributed by atoms with Crippen molar-refractivity contribution in [1.29, 1.82) is 5.26 Å². The number of rotatable bonds is 8. The summed E-state index contributed by atoms with van der Waals surface area (Å²) in [5.41, 5.74) is 6.43. The number of nitrogens with zero attached hydrogens (tertiary/aromatic N) is 6. The van der Waals surface area contributed by atoms with E-state index >= 15 is 0 Å². The van der Waals surface area contributed by atoms with Gasteiger partial charge in [-0.05, 0) is 92.8 Å². The van der Waals surface area contributed by atoms with E-state index in [1.54, 1.807) is 12.4 Å². The molecular weight excluding hydrogens is 598 g/mol. The summed E-state index contributed by atoms with van der Waals surface area (Å²) < 4.78 is 1.96. The van der Waals surface area contributed by atoms with Gasteiger partial charge >= 0.3 is 0 Å². The SMILES string of the molecule is Cn1ccnc1Sc1ccc(Nc2c(C#N)cnc3cc(-c4ccc(CN5CCC(N6CCCC6)CC5)cc4)ccc23)cc1Cl. The van der Waals surface area contributed by atoms with Gasteiger partial charge in [0.15, 0.2) is 5.16 Å². The molecule has 7 nitrogen and oxygen atoms in total. The lowest BCUT2D eigenvalue weighted by atomic mass is 10.00. The van der Waals surface area contributed by atoms with E-state index in [1.165, 1.54) is 69.2 Å². The molecule has 0 saturated carbocycles. The Morgan fingerprint density at radius 2 is 1.73 bits per heavy atom. The predicted octanol–water partition coefficient (Wildman–Crippen LogP) is 8.12.